The van der Waals surface area contributed by atoms with Gasteiger partial charge in [0.1, 0.15) is 5.25 Å². The number of amidine groups is 1. The number of aromatic nitrogens is 2. The average molecular weight is 366 g/mol. The summed E-state index contributed by atoms with van der Waals surface area (Å²) < 4.78 is 9.54. The third-order valence-electron chi connectivity index (χ3n) is 3.21. The van der Waals surface area contributed by atoms with Crippen LogP contribution in [0.5, 0.6) is 0 Å². The maximum absolute atomic E-state index is 12.5. The largest absolute Gasteiger partial charge is 0.469 e. The molecule has 0 bridgehead atoms. The second-order valence-electron chi connectivity index (χ2n) is 4.84. The van der Waals surface area contributed by atoms with E-state index in [9.17, 15) is 14.4 Å². The number of hydrogen-bond donors (Lipinski definition) is 1. The van der Waals surface area contributed by atoms with Crippen LogP contribution in [0.2, 0.25) is 0 Å². The monoisotopic (exact) mass is 366 g/mol. The molecule has 134 valence electrons. The van der Waals surface area contributed by atoms with Gasteiger partial charge in [-0.1, -0.05) is 17.8 Å². The summed E-state index contributed by atoms with van der Waals surface area (Å²) in [5.74, 6) is -1.24. The van der Waals surface area contributed by atoms with Crippen molar-refractivity contribution in [2.45, 2.75) is 18.6 Å². The molecule has 2 rings (SSSR count). The fraction of sp³-hybridized carbons (Fsp3) is 0.400. The van der Waals surface area contributed by atoms with Crippen LogP contribution in [0.15, 0.2) is 24.0 Å². The molecule has 9 nitrogen and oxygen atoms in total. The van der Waals surface area contributed by atoms with Gasteiger partial charge in [0.2, 0.25) is 5.91 Å². The summed E-state index contributed by atoms with van der Waals surface area (Å²) in [6.07, 6.45) is 2.79. The summed E-state index contributed by atoms with van der Waals surface area (Å²) in [5.41, 5.74) is 0.0948. The van der Waals surface area contributed by atoms with Gasteiger partial charge in [-0.2, -0.15) is 0 Å². The van der Waals surface area contributed by atoms with Crippen LogP contribution in [-0.4, -0.2) is 63.4 Å². The minimum absolute atomic E-state index is 0.0715. The van der Waals surface area contributed by atoms with E-state index in [2.05, 4.69) is 26.3 Å². The highest BCUT2D eigenvalue weighted by atomic mass is 32.2. The van der Waals surface area contributed by atoms with E-state index in [4.69, 9.17) is 4.74 Å². The summed E-state index contributed by atoms with van der Waals surface area (Å²) in [7, 11) is 1.26. The van der Waals surface area contributed by atoms with E-state index in [1.807, 2.05) is 0 Å². The van der Waals surface area contributed by atoms with Gasteiger partial charge in [0.05, 0.1) is 26.5 Å². The molecule has 0 aromatic carbocycles. The van der Waals surface area contributed by atoms with Crippen LogP contribution in [0.3, 0.4) is 0 Å². The Kier molecular flexibility index (Phi) is 6.34. The Morgan fingerprint density at radius 1 is 1.56 bits per heavy atom. The Hall–Kier alpha value is -2.62. The van der Waals surface area contributed by atoms with Gasteiger partial charge >= 0.3 is 11.9 Å². The number of aromatic amines is 1. The Labute approximate surface area is 148 Å². The first-order valence-corrected chi connectivity index (χ1v) is 8.34. The SMILES string of the molecule is C=CCN1C(=O)[C@@H](CC(=O)OC)SC1=Nc1nc[nH]c1C(=O)OCC. The molecule has 0 radical (unpaired) electrons. The van der Waals surface area contributed by atoms with Crippen molar-refractivity contribution in [1.29, 1.82) is 0 Å². The molecule has 1 amide bonds. The number of ether oxygens (including phenoxy) is 2. The van der Waals surface area contributed by atoms with Crippen LogP contribution in [0, 0.1) is 0 Å². The van der Waals surface area contributed by atoms with Gasteiger partial charge in [0.15, 0.2) is 16.7 Å². The summed E-state index contributed by atoms with van der Waals surface area (Å²) in [4.78, 5) is 48.2. The maximum atomic E-state index is 12.5. The second kappa shape index (κ2) is 8.47. The molecule has 1 aromatic heterocycles. The van der Waals surface area contributed by atoms with E-state index in [-0.39, 0.29) is 37.0 Å². The number of imidazole rings is 1. The average Bonchev–Trinajstić information content (AvgIpc) is 3.16. The van der Waals surface area contributed by atoms with Gasteiger partial charge in [0.25, 0.3) is 0 Å². The van der Waals surface area contributed by atoms with E-state index in [0.29, 0.717) is 5.17 Å². The zero-order valence-corrected chi connectivity index (χ0v) is 14.7. The first kappa shape index (κ1) is 18.7. The first-order chi connectivity index (χ1) is 12.0. The van der Waals surface area contributed by atoms with Crippen molar-refractivity contribution < 1.29 is 23.9 Å². The highest BCUT2D eigenvalue weighted by Crippen LogP contribution is 2.32. The lowest BCUT2D eigenvalue weighted by molar-refractivity contribution is -0.142. The lowest BCUT2D eigenvalue weighted by Crippen LogP contribution is -2.33. The molecule has 1 N–H and O–H groups in total. The Morgan fingerprint density at radius 2 is 2.32 bits per heavy atom. The molecule has 1 atom stereocenters. The number of H-pyrrole nitrogens is 1. The first-order valence-electron chi connectivity index (χ1n) is 7.46. The molecule has 1 aromatic rings. The normalized spacial score (nSPS) is 18.5. The van der Waals surface area contributed by atoms with Crippen LogP contribution in [0.4, 0.5) is 5.82 Å². The van der Waals surface area contributed by atoms with Crippen molar-refractivity contribution in [2.75, 3.05) is 20.3 Å². The van der Waals surface area contributed by atoms with Gasteiger partial charge < -0.3 is 14.5 Å². The number of methoxy groups -OCH3 is 1. The van der Waals surface area contributed by atoms with Crippen molar-refractivity contribution in [3.05, 3.63) is 24.7 Å². The van der Waals surface area contributed by atoms with Gasteiger partial charge in [0, 0.05) is 6.54 Å². The Balaban J connectivity index is 2.29. The maximum Gasteiger partial charge on any atom is 0.358 e. The molecule has 0 saturated carbocycles. The van der Waals surface area contributed by atoms with Crippen molar-refractivity contribution in [3.8, 4) is 0 Å². The van der Waals surface area contributed by atoms with E-state index < -0.39 is 17.2 Å². The Morgan fingerprint density at radius 3 is 2.96 bits per heavy atom. The highest BCUT2D eigenvalue weighted by Gasteiger charge is 2.39. The number of nitrogens with zero attached hydrogens (tertiary/aromatic N) is 3. The summed E-state index contributed by atoms with van der Waals surface area (Å²) in [6.45, 7) is 5.74. The van der Waals surface area contributed by atoms with Crippen molar-refractivity contribution >= 4 is 40.6 Å². The second-order valence-corrected chi connectivity index (χ2v) is 6.01. The van der Waals surface area contributed by atoms with Crippen LogP contribution in [0.25, 0.3) is 0 Å². The van der Waals surface area contributed by atoms with E-state index in [1.165, 1.54) is 18.3 Å². The number of hydrogen-bond acceptors (Lipinski definition) is 8. The van der Waals surface area contributed by atoms with Crippen LogP contribution < -0.4 is 0 Å². The lowest BCUT2D eigenvalue weighted by Gasteiger charge is -2.13. The number of carbonyl (C=O) groups excluding carboxylic acids is 3. The van der Waals surface area contributed by atoms with E-state index >= 15 is 0 Å². The highest BCUT2D eigenvalue weighted by molar-refractivity contribution is 8.15. The summed E-state index contributed by atoms with van der Waals surface area (Å²) in [5, 5.41) is -0.312. The number of amides is 1. The third kappa shape index (κ3) is 4.27. The van der Waals surface area contributed by atoms with Gasteiger partial charge in [-0.3, -0.25) is 14.5 Å². The minimum atomic E-state index is -0.642. The fourth-order valence-corrected chi connectivity index (χ4v) is 3.21. The van der Waals surface area contributed by atoms with Crippen molar-refractivity contribution in [2.24, 2.45) is 4.99 Å². The molecule has 2 heterocycles. The number of thioether (sulfide) groups is 1. The van der Waals surface area contributed by atoms with Crippen LogP contribution >= 0.6 is 11.8 Å². The van der Waals surface area contributed by atoms with Crippen LogP contribution in [-0.2, 0) is 19.1 Å². The number of nitrogens with one attached hydrogen (secondary N) is 1. The summed E-state index contributed by atoms with van der Waals surface area (Å²) in [6, 6.07) is 0. The molecule has 25 heavy (non-hydrogen) atoms. The summed E-state index contributed by atoms with van der Waals surface area (Å²) >= 11 is 1.11. The third-order valence-corrected chi connectivity index (χ3v) is 4.39. The number of esters is 2. The zero-order chi connectivity index (χ0) is 18.4. The molecular weight excluding hydrogens is 348 g/mol. The Bertz CT molecular complexity index is 715. The van der Waals surface area contributed by atoms with Crippen molar-refractivity contribution in [3.63, 3.8) is 0 Å². The molecular formula is C15H18N4O5S. The number of carbonyl (C=O) groups is 3. The van der Waals surface area contributed by atoms with Gasteiger partial charge in [-0.15, -0.1) is 6.58 Å². The predicted molar refractivity (Wildman–Crippen MR) is 91.6 cm³/mol. The molecule has 0 aliphatic carbocycles. The molecule has 0 unspecified atom stereocenters. The van der Waals surface area contributed by atoms with E-state index in [1.54, 1.807) is 13.0 Å². The standard InChI is InChI=1S/C15H18N4O5S/c1-4-6-19-13(21)9(7-10(20)23-3)25-15(19)18-12-11(16-8-17-12)14(22)24-5-2/h4,8-9H,1,5-7H2,2-3H3,(H,16,17)/t9-/m1/s1. The lowest BCUT2D eigenvalue weighted by atomic mass is 10.2. The quantitative estimate of drug-likeness (QED) is 0.571. The molecule has 1 fully saturated rings. The number of aliphatic imine (C=N–C) groups is 1. The molecule has 0 spiro atoms. The molecule has 1 saturated heterocycles. The van der Waals surface area contributed by atoms with Gasteiger partial charge in [-0.05, 0) is 6.92 Å². The molecule has 1 aliphatic heterocycles. The van der Waals surface area contributed by atoms with Crippen LogP contribution in [0.1, 0.15) is 23.8 Å². The van der Waals surface area contributed by atoms with Crippen molar-refractivity contribution in [1.82, 2.24) is 14.9 Å². The minimum Gasteiger partial charge on any atom is -0.469 e. The smallest absolute Gasteiger partial charge is 0.358 e. The topological polar surface area (TPSA) is 114 Å². The zero-order valence-electron chi connectivity index (χ0n) is 13.9. The fourth-order valence-electron chi connectivity index (χ4n) is 2.07. The molecule has 1 aliphatic rings. The predicted octanol–water partition coefficient (Wildman–Crippen LogP) is 1.27. The number of rotatable bonds is 7. The van der Waals surface area contributed by atoms with Gasteiger partial charge in [-0.25, -0.2) is 14.8 Å². The van der Waals surface area contributed by atoms with E-state index in [0.717, 1.165) is 11.8 Å². The molecule has 10 heteroatoms.